The maximum Gasteiger partial charge on any atom is 0.346 e. The fourth-order valence-electron chi connectivity index (χ4n) is 1.89. The number of anilines is 1. The molecule has 0 radical (unpaired) electrons. The van der Waals surface area contributed by atoms with E-state index in [4.69, 9.17) is 9.84 Å². The Morgan fingerprint density at radius 2 is 2.39 bits per heavy atom. The van der Waals surface area contributed by atoms with E-state index in [2.05, 4.69) is 15.3 Å². The highest BCUT2D eigenvalue weighted by molar-refractivity contribution is 5.33. The van der Waals surface area contributed by atoms with Crippen LogP contribution in [0.2, 0.25) is 0 Å². The fraction of sp³-hybridized carbons (Fsp3) is 0.600. The minimum Gasteiger partial charge on any atom is -0.394 e. The summed E-state index contributed by atoms with van der Waals surface area (Å²) < 4.78 is 18.1. The van der Waals surface area contributed by atoms with Gasteiger partial charge < -0.3 is 25.3 Å². The van der Waals surface area contributed by atoms with Crippen molar-refractivity contribution in [2.75, 3.05) is 18.6 Å². The predicted molar refractivity (Wildman–Crippen MR) is 59.7 cm³/mol. The third kappa shape index (κ3) is 2.50. The second kappa shape index (κ2) is 5.42. The zero-order valence-electron chi connectivity index (χ0n) is 9.41. The van der Waals surface area contributed by atoms with Crippen LogP contribution in [0.3, 0.4) is 0 Å². The first-order valence-electron chi connectivity index (χ1n) is 5.48. The van der Waals surface area contributed by atoms with Gasteiger partial charge in [0.15, 0.2) is 0 Å². The smallest absolute Gasteiger partial charge is 0.346 e. The Morgan fingerprint density at radius 1 is 1.61 bits per heavy atom. The zero-order chi connectivity index (χ0) is 13.1. The highest BCUT2D eigenvalue weighted by atomic mass is 19.1. The molecule has 0 amide bonds. The Bertz CT molecular complexity index is 455. The van der Waals surface area contributed by atoms with E-state index < -0.39 is 43.3 Å². The van der Waals surface area contributed by atoms with Crippen LogP contribution < -0.4 is 11.0 Å². The van der Waals surface area contributed by atoms with Gasteiger partial charge in [0.2, 0.25) is 0 Å². The monoisotopic (exact) mass is 259 g/mol. The van der Waals surface area contributed by atoms with Crippen LogP contribution in [0.25, 0.3) is 0 Å². The molecule has 0 aliphatic carbocycles. The first-order chi connectivity index (χ1) is 8.65. The van der Waals surface area contributed by atoms with Gasteiger partial charge in [-0.15, -0.1) is 0 Å². The van der Waals surface area contributed by atoms with Crippen molar-refractivity contribution in [1.82, 2.24) is 9.97 Å². The van der Waals surface area contributed by atoms with Crippen molar-refractivity contribution in [3.05, 3.63) is 22.7 Å². The lowest BCUT2D eigenvalue weighted by Gasteiger charge is -2.18. The molecule has 2 rings (SSSR count). The number of halogens is 1. The molecule has 1 unspecified atom stereocenters. The van der Waals surface area contributed by atoms with Crippen molar-refractivity contribution in [3.63, 3.8) is 0 Å². The summed E-state index contributed by atoms with van der Waals surface area (Å²) in [5.41, 5.74) is -0.547. The molecule has 0 spiro atoms. The van der Waals surface area contributed by atoms with Crippen LogP contribution in [0.5, 0.6) is 0 Å². The summed E-state index contributed by atoms with van der Waals surface area (Å²) in [6.45, 7) is -1.21. The first-order valence-corrected chi connectivity index (χ1v) is 5.48. The fourth-order valence-corrected chi connectivity index (χ4v) is 1.89. The Morgan fingerprint density at radius 3 is 3.00 bits per heavy atom. The normalized spacial score (nSPS) is 31.5. The van der Waals surface area contributed by atoms with E-state index in [9.17, 15) is 14.3 Å². The standard InChI is InChI=1S/C10H14FN3O4/c11-3-5-8(16)6(4-15)18-9(5)13-7-1-2-12-10(17)14-7/h1-2,5-6,8-9,15-16H,3-4H2,(H2,12,13,14,17)/t5-,6+,8-,9?/m0/s1. The number of aromatic amines is 1. The van der Waals surface area contributed by atoms with E-state index in [0.29, 0.717) is 0 Å². The summed E-state index contributed by atoms with van der Waals surface area (Å²) in [4.78, 5) is 16.9. The second-order valence-electron chi connectivity index (χ2n) is 4.01. The molecular formula is C10H14FN3O4. The summed E-state index contributed by atoms with van der Waals surface area (Å²) in [5.74, 6) is -0.601. The summed E-state index contributed by atoms with van der Waals surface area (Å²) in [6, 6.07) is 1.48. The van der Waals surface area contributed by atoms with Crippen molar-refractivity contribution in [2.24, 2.45) is 5.92 Å². The molecule has 4 N–H and O–H groups in total. The van der Waals surface area contributed by atoms with E-state index >= 15 is 0 Å². The lowest BCUT2D eigenvalue weighted by molar-refractivity contribution is -0.0150. The van der Waals surface area contributed by atoms with Gasteiger partial charge in [0.1, 0.15) is 18.1 Å². The van der Waals surface area contributed by atoms with Gasteiger partial charge in [0, 0.05) is 6.20 Å². The molecule has 1 saturated heterocycles. The van der Waals surface area contributed by atoms with Gasteiger partial charge in [-0.05, 0) is 6.07 Å². The number of ether oxygens (including phenoxy) is 1. The molecule has 1 aliphatic heterocycles. The van der Waals surface area contributed by atoms with Gasteiger partial charge in [-0.3, -0.25) is 4.39 Å². The topological polar surface area (TPSA) is 107 Å². The van der Waals surface area contributed by atoms with Crippen LogP contribution in [0.4, 0.5) is 10.2 Å². The van der Waals surface area contributed by atoms with Crippen molar-refractivity contribution in [3.8, 4) is 0 Å². The molecule has 1 aromatic heterocycles. The molecule has 8 heteroatoms. The van der Waals surface area contributed by atoms with Gasteiger partial charge in [-0.25, -0.2) is 4.79 Å². The second-order valence-corrected chi connectivity index (χ2v) is 4.01. The van der Waals surface area contributed by atoms with Crippen molar-refractivity contribution >= 4 is 5.82 Å². The van der Waals surface area contributed by atoms with Gasteiger partial charge in [-0.2, -0.15) is 4.98 Å². The third-order valence-electron chi connectivity index (χ3n) is 2.85. The van der Waals surface area contributed by atoms with Crippen LogP contribution in [0.15, 0.2) is 17.1 Å². The van der Waals surface area contributed by atoms with Crippen LogP contribution in [-0.2, 0) is 4.74 Å². The molecule has 1 aliphatic rings. The number of rotatable bonds is 4. The number of hydrogen-bond acceptors (Lipinski definition) is 6. The van der Waals surface area contributed by atoms with E-state index in [1.54, 1.807) is 0 Å². The molecule has 100 valence electrons. The number of nitrogens with zero attached hydrogens (tertiary/aromatic N) is 1. The van der Waals surface area contributed by atoms with E-state index in [1.807, 2.05) is 0 Å². The SMILES string of the molecule is O=c1nc(NC2O[C@H](CO)[C@@H](O)[C@@H]2CF)cc[nH]1. The number of hydrogen-bond donors (Lipinski definition) is 4. The number of aliphatic hydroxyl groups is 2. The maximum atomic E-state index is 12.8. The molecule has 4 atom stereocenters. The van der Waals surface area contributed by atoms with Gasteiger partial charge in [0.05, 0.1) is 25.3 Å². The Hall–Kier alpha value is -1.51. The van der Waals surface area contributed by atoms with Crippen molar-refractivity contribution < 1.29 is 19.3 Å². The highest BCUT2D eigenvalue weighted by Gasteiger charge is 2.43. The Labute approximate surface area is 102 Å². The summed E-state index contributed by atoms with van der Waals surface area (Å²) in [7, 11) is 0. The van der Waals surface area contributed by atoms with Crippen LogP contribution >= 0.6 is 0 Å². The number of alkyl halides is 1. The quantitative estimate of drug-likeness (QED) is 0.543. The molecule has 0 aromatic carbocycles. The molecule has 0 bridgehead atoms. The van der Waals surface area contributed by atoms with Gasteiger partial charge in [0.25, 0.3) is 0 Å². The van der Waals surface area contributed by atoms with Crippen LogP contribution in [0.1, 0.15) is 0 Å². The number of aromatic nitrogens is 2. The Kier molecular flexibility index (Phi) is 3.90. The third-order valence-corrected chi connectivity index (χ3v) is 2.85. The van der Waals surface area contributed by atoms with E-state index in [-0.39, 0.29) is 5.82 Å². The minimum atomic E-state index is -1.10. The summed E-state index contributed by atoms with van der Waals surface area (Å²) in [6.07, 6.45) is -1.39. The maximum absolute atomic E-state index is 12.8. The first kappa shape index (κ1) is 12.9. The molecule has 1 fully saturated rings. The average Bonchev–Trinajstić information content (AvgIpc) is 2.65. The minimum absolute atomic E-state index is 0.216. The van der Waals surface area contributed by atoms with Crippen molar-refractivity contribution in [2.45, 2.75) is 18.4 Å². The van der Waals surface area contributed by atoms with Crippen molar-refractivity contribution in [1.29, 1.82) is 0 Å². The summed E-state index contributed by atoms with van der Waals surface area (Å²) >= 11 is 0. The van der Waals surface area contributed by atoms with Gasteiger partial charge in [-0.1, -0.05) is 0 Å². The van der Waals surface area contributed by atoms with Crippen LogP contribution in [-0.4, -0.2) is 51.9 Å². The molecule has 1 aromatic rings. The lowest BCUT2D eigenvalue weighted by Crippen LogP contribution is -2.33. The molecule has 0 saturated carbocycles. The van der Waals surface area contributed by atoms with E-state index in [0.717, 1.165) is 0 Å². The highest BCUT2D eigenvalue weighted by Crippen LogP contribution is 2.27. The van der Waals surface area contributed by atoms with Gasteiger partial charge >= 0.3 is 5.69 Å². The van der Waals surface area contributed by atoms with E-state index in [1.165, 1.54) is 12.3 Å². The summed E-state index contributed by atoms with van der Waals surface area (Å²) in [5, 5.41) is 21.4. The lowest BCUT2D eigenvalue weighted by atomic mass is 10.0. The zero-order valence-corrected chi connectivity index (χ0v) is 9.41. The molecule has 18 heavy (non-hydrogen) atoms. The Balaban J connectivity index is 2.11. The number of H-pyrrole nitrogens is 1. The predicted octanol–water partition coefficient (Wildman–Crippen LogP) is -1.15. The molecule has 7 nitrogen and oxygen atoms in total. The number of nitrogens with one attached hydrogen (secondary N) is 2. The number of aliphatic hydroxyl groups excluding tert-OH is 2. The largest absolute Gasteiger partial charge is 0.394 e. The average molecular weight is 259 g/mol. The molecule has 2 heterocycles. The molecular weight excluding hydrogens is 245 g/mol. The van der Waals surface area contributed by atoms with Crippen LogP contribution in [0, 0.1) is 5.92 Å².